The highest BCUT2D eigenvalue weighted by Crippen LogP contribution is 2.24. The molecule has 8 heteroatoms. The molecule has 0 spiro atoms. The molecule has 0 atom stereocenters. The second kappa shape index (κ2) is 6.12. The zero-order valence-electron chi connectivity index (χ0n) is 14.3. The Balaban J connectivity index is 1.64. The Labute approximate surface area is 145 Å². The van der Waals surface area contributed by atoms with Crippen LogP contribution in [0.2, 0.25) is 0 Å². The van der Waals surface area contributed by atoms with E-state index in [-0.39, 0.29) is 5.91 Å². The van der Waals surface area contributed by atoms with E-state index in [1.165, 1.54) is 0 Å². The second-order valence-electron chi connectivity index (χ2n) is 6.07. The van der Waals surface area contributed by atoms with Crippen LogP contribution in [0.1, 0.15) is 28.9 Å². The first-order chi connectivity index (χ1) is 12.2. The average molecular weight is 337 g/mol. The predicted molar refractivity (Wildman–Crippen MR) is 90.6 cm³/mol. The quantitative estimate of drug-likeness (QED) is 0.719. The minimum atomic E-state index is -0.0350. The zero-order chi connectivity index (χ0) is 17.4. The fourth-order valence-electron chi connectivity index (χ4n) is 3.19. The van der Waals surface area contributed by atoms with Gasteiger partial charge in [0, 0.05) is 50.7 Å². The van der Waals surface area contributed by atoms with Crippen LogP contribution < -0.4 is 0 Å². The van der Waals surface area contributed by atoms with Crippen LogP contribution in [0.3, 0.4) is 0 Å². The van der Waals surface area contributed by atoms with Gasteiger partial charge in [0.2, 0.25) is 0 Å². The maximum absolute atomic E-state index is 13.1. The summed E-state index contributed by atoms with van der Waals surface area (Å²) in [4.78, 5) is 18.9. The molecule has 0 aromatic carbocycles. The molecular formula is C17H19N7O. The molecule has 1 aliphatic heterocycles. The molecule has 8 nitrogen and oxygen atoms in total. The van der Waals surface area contributed by atoms with Gasteiger partial charge in [0.15, 0.2) is 5.82 Å². The van der Waals surface area contributed by atoms with E-state index in [1.807, 2.05) is 24.1 Å². The third-order valence-electron chi connectivity index (χ3n) is 4.45. The number of amides is 1. The van der Waals surface area contributed by atoms with Crippen molar-refractivity contribution >= 4 is 5.91 Å². The van der Waals surface area contributed by atoms with Crippen molar-refractivity contribution in [3.63, 3.8) is 0 Å². The minimum Gasteiger partial charge on any atom is -0.329 e. The zero-order valence-corrected chi connectivity index (χ0v) is 14.3. The molecule has 0 radical (unpaired) electrons. The van der Waals surface area contributed by atoms with E-state index in [9.17, 15) is 4.79 Å². The van der Waals surface area contributed by atoms with Crippen molar-refractivity contribution < 1.29 is 4.79 Å². The van der Waals surface area contributed by atoms with Crippen molar-refractivity contribution in [2.45, 2.75) is 26.4 Å². The van der Waals surface area contributed by atoms with E-state index in [1.54, 1.807) is 23.3 Å². The standard InChI is InChI=1S/C17H19N7O/c1-3-14-19-20-15-11-23(8-9-24(14)15)17(25)13-10-22(2)21-16(13)12-4-6-18-7-5-12/h4-7,10H,3,8-9,11H2,1-2H3. The number of hydrogen-bond acceptors (Lipinski definition) is 5. The van der Waals surface area contributed by atoms with Crippen molar-refractivity contribution in [3.05, 3.63) is 47.9 Å². The van der Waals surface area contributed by atoms with Gasteiger partial charge in [0.25, 0.3) is 5.91 Å². The largest absolute Gasteiger partial charge is 0.329 e. The Hall–Kier alpha value is -3.03. The van der Waals surface area contributed by atoms with Crippen molar-refractivity contribution in [2.75, 3.05) is 6.54 Å². The van der Waals surface area contributed by atoms with Crippen LogP contribution in [0, 0.1) is 0 Å². The molecule has 0 fully saturated rings. The summed E-state index contributed by atoms with van der Waals surface area (Å²) >= 11 is 0. The highest BCUT2D eigenvalue weighted by molar-refractivity contribution is 5.99. The first-order valence-corrected chi connectivity index (χ1v) is 8.31. The number of fused-ring (bicyclic) bond motifs is 1. The molecule has 0 saturated carbocycles. The lowest BCUT2D eigenvalue weighted by atomic mass is 10.1. The molecule has 1 amide bonds. The van der Waals surface area contributed by atoms with Crippen LogP contribution >= 0.6 is 0 Å². The minimum absolute atomic E-state index is 0.0350. The highest BCUT2D eigenvalue weighted by Gasteiger charge is 2.27. The van der Waals surface area contributed by atoms with E-state index < -0.39 is 0 Å². The van der Waals surface area contributed by atoms with Gasteiger partial charge in [-0.05, 0) is 12.1 Å². The maximum atomic E-state index is 13.1. The van der Waals surface area contributed by atoms with Gasteiger partial charge in [0.1, 0.15) is 11.5 Å². The molecule has 3 aromatic heterocycles. The lowest BCUT2D eigenvalue weighted by Gasteiger charge is -2.27. The Morgan fingerprint density at radius 1 is 1.20 bits per heavy atom. The number of hydrogen-bond donors (Lipinski definition) is 0. The maximum Gasteiger partial charge on any atom is 0.258 e. The first-order valence-electron chi connectivity index (χ1n) is 8.31. The molecule has 4 rings (SSSR count). The molecule has 25 heavy (non-hydrogen) atoms. The van der Waals surface area contributed by atoms with Crippen LogP contribution in [0.4, 0.5) is 0 Å². The topological polar surface area (TPSA) is 81.7 Å². The average Bonchev–Trinajstić information content (AvgIpc) is 3.24. The number of rotatable bonds is 3. The van der Waals surface area contributed by atoms with E-state index in [0.29, 0.717) is 24.3 Å². The summed E-state index contributed by atoms with van der Waals surface area (Å²) < 4.78 is 3.78. The van der Waals surface area contributed by atoms with Crippen LogP contribution in [0.5, 0.6) is 0 Å². The molecule has 4 heterocycles. The summed E-state index contributed by atoms with van der Waals surface area (Å²) in [5.74, 6) is 1.78. The number of carbonyl (C=O) groups is 1. The fraction of sp³-hybridized carbons (Fsp3) is 0.353. The molecule has 0 unspecified atom stereocenters. The van der Waals surface area contributed by atoms with Crippen molar-refractivity contribution in [2.24, 2.45) is 7.05 Å². The van der Waals surface area contributed by atoms with Crippen LogP contribution in [0.25, 0.3) is 11.3 Å². The molecule has 0 aliphatic carbocycles. The first kappa shape index (κ1) is 15.5. The SMILES string of the molecule is CCc1nnc2n1CCN(C(=O)c1cn(C)nc1-c1ccncc1)C2. The number of aromatic nitrogens is 6. The van der Waals surface area contributed by atoms with E-state index in [4.69, 9.17) is 0 Å². The van der Waals surface area contributed by atoms with Gasteiger partial charge in [-0.25, -0.2) is 0 Å². The van der Waals surface area contributed by atoms with Gasteiger partial charge >= 0.3 is 0 Å². The summed E-state index contributed by atoms with van der Waals surface area (Å²) in [5, 5.41) is 12.9. The van der Waals surface area contributed by atoms with Crippen LogP contribution in [-0.2, 0) is 26.6 Å². The molecule has 1 aliphatic rings. The summed E-state index contributed by atoms with van der Waals surface area (Å²) in [6, 6.07) is 3.72. The van der Waals surface area contributed by atoms with E-state index >= 15 is 0 Å². The number of nitrogens with zero attached hydrogens (tertiary/aromatic N) is 7. The highest BCUT2D eigenvalue weighted by atomic mass is 16.2. The summed E-state index contributed by atoms with van der Waals surface area (Å²) in [7, 11) is 1.82. The summed E-state index contributed by atoms with van der Waals surface area (Å²) in [6.07, 6.45) is 6.02. The lowest BCUT2D eigenvalue weighted by Crippen LogP contribution is -2.38. The van der Waals surface area contributed by atoms with Crippen molar-refractivity contribution in [3.8, 4) is 11.3 Å². The monoisotopic (exact) mass is 337 g/mol. The molecule has 3 aromatic rings. The Bertz CT molecular complexity index is 912. The van der Waals surface area contributed by atoms with Crippen molar-refractivity contribution in [1.82, 2.24) is 34.4 Å². The Morgan fingerprint density at radius 2 is 2.00 bits per heavy atom. The van der Waals surface area contributed by atoms with Gasteiger partial charge in [-0.3, -0.25) is 14.5 Å². The third-order valence-corrected chi connectivity index (χ3v) is 4.45. The molecular weight excluding hydrogens is 318 g/mol. The molecule has 0 bridgehead atoms. The van der Waals surface area contributed by atoms with Gasteiger partial charge in [-0.1, -0.05) is 6.92 Å². The fourth-order valence-corrected chi connectivity index (χ4v) is 3.19. The number of aryl methyl sites for hydroxylation is 2. The van der Waals surface area contributed by atoms with Gasteiger partial charge in [0.05, 0.1) is 12.1 Å². The second-order valence-corrected chi connectivity index (χ2v) is 6.07. The van der Waals surface area contributed by atoms with Crippen LogP contribution in [-0.4, -0.2) is 46.9 Å². The van der Waals surface area contributed by atoms with E-state index in [0.717, 1.165) is 30.2 Å². The summed E-state index contributed by atoms with van der Waals surface area (Å²) in [6.45, 7) is 3.89. The molecule has 128 valence electrons. The number of carbonyl (C=O) groups excluding carboxylic acids is 1. The predicted octanol–water partition coefficient (Wildman–Crippen LogP) is 1.29. The summed E-state index contributed by atoms with van der Waals surface area (Å²) in [5.41, 5.74) is 2.15. The molecule has 0 N–H and O–H groups in total. The van der Waals surface area contributed by atoms with Crippen LogP contribution in [0.15, 0.2) is 30.7 Å². The Kier molecular flexibility index (Phi) is 3.79. The number of pyridine rings is 1. The van der Waals surface area contributed by atoms with Gasteiger partial charge in [-0.15, -0.1) is 10.2 Å². The van der Waals surface area contributed by atoms with Gasteiger partial charge < -0.3 is 9.47 Å². The molecule has 0 saturated heterocycles. The van der Waals surface area contributed by atoms with Crippen molar-refractivity contribution in [1.29, 1.82) is 0 Å². The van der Waals surface area contributed by atoms with E-state index in [2.05, 4.69) is 31.8 Å². The van der Waals surface area contributed by atoms with Gasteiger partial charge in [-0.2, -0.15) is 5.10 Å². The normalized spacial score (nSPS) is 13.8. The lowest BCUT2D eigenvalue weighted by molar-refractivity contribution is 0.0707. The smallest absolute Gasteiger partial charge is 0.258 e. The third kappa shape index (κ3) is 2.69. The Morgan fingerprint density at radius 3 is 2.76 bits per heavy atom.